The highest BCUT2D eigenvalue weighted by Gasteiger charge is 2.55. The topological polar surface area (TPSA) is 220 Å². The van der Waals surface area contributed by atoms with Crippen molar-refractivity contribution < 1.29 is 81.3 Å². The summed E-state index contributed by atoms with van der Waals surface area (Å²) in [5, 5.41) is 21.2. The van der Waals surface area contributed by atoms with Gasteiger partial charge in [-0.15, -0.1) is 0 Å². The first kappa shape index (κ1) is 71.1. The van der Waals surface area contributed by atoms with Crippen LogP contribution in [0.25, 0.3) is 0 Å². The Morgan fingerprint density at radius 2 is 0.968 bits per heavy atom. The highest BCUT2D eigenvalue weighted by Crippen LogP contribution is 2.48. The second-order valence-electron chi connectivity index (χ2n) is 23.2. The van der Waals surface area contributed by atoms with E-state index in [2.05, 4.69) is 36.3 Å². The van der Waals surface area contributed by atoms with Gasteiger partial charge in [-0.2, -0.15) is 62.9 Å². The quantitative estimate of drug-likeness (QED) is 0.0452. The van der Waals surface area contributed by atoms with E-state index in [-0.39, 0.29) is 81.2 Å². The first-order chi connectivity index (χ1) is 44.3. The fourth-order valence-electron chi connectivity index (χ4n) is 11.9. The van der Waals surface area contributed by atoms with Crippen molar-refractivity contribution in [3.63, 3.8) is 0 Å². The highest BCUT2D eigenvalue weighted by atomic mass is 19.4. The van der Waals surface area contributed by atoms with E-state index in [1.54, 1.807) is 92.7 Å². The molecule has 0 saturated carbocycles. The third-order valence-electron chi connectivity index (χ3n) is 17.0. The van der Waals surface area contributed by atoms with Crippen molar-refractivity contribution in [3.05, 3.63) is 211 Å². The normalized spacial score (nSPS) is 20.9. The number of benzene rings is 5. The number of likely N-dealkylation sites (tertiary alicyclic amines) is 1. The number of aromatic amines is 2. The third kappa shape index (κ3) is 16.6. The van der Waals surface area contributed by atoms with Crippen LogP contribution in [0.3, 0.4) is 0 Å². The number of aromatic nitrogens is 6. The lowest BCUT2D eigenvalue weighted by atomic mass is 9.73. The van der Waals surface area contributed by atoms with Crippen LogP contribution in [0, 0.1) is 0 Å². The summed E-state index contributed by atoms with van der Waals surface area (Å²) in [7, 11) is 0. The number of rotatable bonds is 20. The molecule has 2 fully saturated rings. The Morgan fingerprint density at radius 3 is 1.38 bits per heavy atom. The van der Waals surface area contributed by atoms with Crippen molar-refractivity contribution in [2.45, 2.75) is 132 Å². The average molecular weight is 1330 g/mol. The van der Waals surface area contributed by atoms with Crippen LogP contribution in [0.2, 0.25) is 0 Å². The molecule has 7 aromatic rings. The van der Waals surface area contributed by atoms with Gasteiger partial charge < -0.3 is 30.2 Å². The summed E-state index contributed by atoms with van der Waals surface area (Å²) >= 11 is 0. The number of carbonyl (C=O) groups is 3. The van der Waals surface area contributed by atoms with Gasteiger partial charge in [-0.25, -0.2) is 24.6 Å². The predicted molar refractivity (Wildman–Crippen MR) is 316 cm³/mol. The lowest BCUT2D eigenvalue weighted by Gasteiger charge is -2.53. The number of nitrogens with one attached hydrogen (secondary N) is 5. The molecule has 2 aromatic heterocycles. The Kier molecular flexibility index (Phi) is 21.8. The number of hydrogen-bond acceptors (Lipinski definition) is 11. The lowest BCUT2D eigenvalue weighted by molar-refractivity contribution is -0.145. The monoisotopic (exact) mass is 1330 g/mol. The molecule has 5 aromatic carbocycles. The van der Waals surface area contributed by atoms with Gasteiger partial charge in [-0.1, -0.05) is 91.0 Å². The van der Waals surface area contributed by atoms with Gasteiger partial charge in [0.15, 0.2) is 0 Å². The van der Waals surface area contributed by atoms with Crippen molar-refractivity contribution in [1.82, 2.24) is 50.4 Å². The van der Waals surface area contributed by atoms with Crippen molar-refractivity contribution in [2.24, 2.45) is 0 Å². The van der Waals surface area contributed by atoms with Gasteiger partial charge in [-0.3, -0.25) is 23.6 Å². The molecule has 18 nitrogen and oxygen atoms in total. The van der Waals surface area contributed by atoms with Crippen LogP contribution in [0.1, 0.15) is 128 Å². The van der Waals surface area contributed by atoms with Crippen LogP contribution in [0.4, 0.5) is 57.5 Å². The number of alkyl halides is 12. The molecule has 3 amide bonds. The lowest BCUT2D eigenvalue weighted by Crippen LogP contribution is -2.64. The molecule has 0 aliphatic carbocycles. The van der Waals surface area contributed by atoms with Crippen molar-refractivity contribution in [1.29, 1.82) is 0 Å². The van der Waals surface area contributed by atoms with E-state index >= 15 is 0 Å². The van der Waals surface area contributed by atoms with Gasteiger partial charge in [0.2, 0.25) is 11.8 Å². The maximum Gasteiger partial charge on any atom is 0.416 e. The Bertz CT molecular complexity index is 3750. The molecule has 0 unspecified atom stereocenters. The number of carbonyl (C=O) groups excluding carboxylic acids is 3. The van der Waals surface area contributed by atoms with Crippen LogP contribution in [-0.4, -0.2) is 91.7 Å². The van der Waals surface area contributed by atoms with Crippen molar-refractivity contribution in [2.75, 3.05) is 39.4 Å². The van der Waals surface area contributed by atoms with Gasteiger partial charge >= 0.3 is 42.2 Å². The minimum Gasteiger partial charge on any atom is -0.445 e. The third-order valence-corrected chi connectivity index (χ3v) is 17.0. The standard InChI is InChI=1S/C36H37F6N5O5.C28H31F6N5O3/c1-3-43-30(48)19-33(47-23-44-45-31(47)49)14-15-34(27-12-8-5-9-13-27,46(21-33)32(50)51-20-25-10-6-4-7-11-25)22-52-24(2)26-16-28(35(37,38)39)18-29(17-26)36(40,41)42;1-3-35-23(40)14-25(39-17-37-38-24(39)41)9-10-26(36-15-25,20-7-5-4-6-8-20)16-42-18(2)19-11-21(27(29,30)31)13-22(12-19)28(32,33)34/h4-13,16-18,23-24H,3,14-15,19-22H2,1-2H3,(H,43,48)(H,45,49);4-8,11-13,17-18,36H,3,9-10,14-16H2,1-2H3,(H,35,40)(H,38,41)/t24-,33-,34-;18-,25-,26-/m11/s1. The van der Waals surface area contributed by atoms with Crippen LogP contribution >= 0.6 is 0 Å². The zero-order valence-corrected chi connectivity index (χ0v) is 51.2. The van der Waals surface area contributed by atoms with E-state index in [0.29, 0.717) is 61.3 Å². The molecule has 5 N–H and O–H groups in total. The van der Waals surface area contributed by atoms with Gasteiger partial charge in [0.1, 0.15) is 19.3 Å². The van der Waals surface area contributed by atoms with Crippen molar-refractivity contribution >= 4 is 17.9 Å². The molecule has 9 rings (SSSR count). The molecule has 0 radical (unpaired) electrons. The Morgan fingerprint density at radius 1 is 0.553 bits per heavy atom. The number of H-pyrrole nitrogens is 2. The number of hydrogen-bond donors (Lipinski definition) is 5. The smallest absolute Gasteiger partial charge is 0.416 e. The summed E-state index contributed by atoms with van der Waals surface area (Å²) in [5.41, 5.74) is -10.4. The molecule has 6 atom stereocenters. The summed E-state index contributed by atoms with van der Waals surface area (Å²) in [6.07, 6.45) is -20.4. The number of amides is 3. The first-order valence-corrected chi connectivity index (χ1v) is 29.7. The van der Waals surface area contributed by atoms with Crippen LogP contribution in [0.15, 0.2) is 150 Å². The van der Waals surface area contributed by atoms with Gasteiger partial charge in [0.05, 0.1) is 82.7 Å². The van der Waals surface area contributed by atoms with Gasteiger partial charge in [0, 0.05) is 26.2 Å². The molecule has 2 saturated heterocycles. The zero-order valence-electron chi connectivity index (χ0n) is 51.2. The van der Waals surface area contributed by atoms with E-state index in [9.17, 15) is 76.7 Å². The number of nitrogens with zero attached hydrogens (tertiary/aromatic N) is 5. The SMILES string of the molecule is CCNC(=O)C[C@]1(n2cn[nH]c2=O)CC[C@@](CO[C@H](C)c2cc(C(F)(F)F)cc(C(F)(F)F)c2)(c2ccccc2)N(C(=O)OCc2ccccc2)C1.CCNC(=O)C[C@]1(n2cn[nH]c2=O)CC[C@@](CO[C@H](C)c2cc(C(F)(F)F)cc(C(F)(F)F)c2)(c2ccccc2)NC1. The summed E-state index contributed by atoms with van der Waals surface area (Å²) in [5.74, 6) is -0.676. The summed E-state index contributed by atoms with van der Waals surface area (Å²) in [6.45, 7) is 6.05. The molecule has 2 aliphatic rings. The molecule has 0 spiro atoms. The number of ether oxygens (including phenoxy) is 3. The Labute approximate surface area is 530 Å². The van der Waals surface area contributed by atoms with Gasteiger partial charge in [0.25, 0.3) is 0 Å². The maximum atomic E-state index is 14.3. The molecule has 506 valence electrons. The molecule has 30 heteroatoms. The second kappa shape index (κ2) is 28.8. The summed E-state index contributed by atoms with van der Waals surface area (Å²) in [4.78, 5) is 67.0. The van der Waals surface area contributed by atoms with E-state index in [1.807, 2.05) is 12.1 Å². The van der Waals surface area contributed by atoms with Crippen LogP contribution in [0.5, 0.6) is 0 Å². The fourth-order valence-corrected chi connectivity index (χ4v) is 11.9. The largest absolute Gasteiger partial charge is 0.445 e. The first-order valence-electron chi connectivity index (χ1n) is 29.7. The molecule has 2 aliphatic heterocycles. The molecular weight excluding hydrogens is 1260 g/mol. The predicted octanol–water partition coefficient (Wildman–Crippen LogP) is 11.8. The maximum absolute atomic E-state index is 14.3. The molecule has 4 heterocycles. The second-order valence-corrected chi connectivity index (χ2v) is 23.2. The molecular formula is C64H68F12N10O8. The summed E-state index contributed by atoms with van der Waals surface area (Å²) in [6, 6.07) is 29.0. The Balaban J connectivity index is 0.000000247. The summed E-state index contributed by atoms with van der Waals surface area (Å²) < 4.78 is 184. The number of halogens is 12. The fraction of sp³-hybridized carbons (Fsp3) is 0.422. The van der Waals surface area contributed by atoms with Gasteiger partial charge in [-0.05, 0) is 118 Å². The van der Waals surface area contributed by atoms with E-state index in [1.165, 1.54) is 40.5 Å². The minimum atomic E-state index is -5.07. The average Bonchev–Trinajstić information content (AvgIpc) is 1.05. The molecule has 94 heavy (non-hydrogen) atoms. The van der Waals surface area contributed by atoms with Crippen molar-refractivity contribution in [3.8, 4) is 0 Å². The minimum absolute atomic E-state index is 0.0254. The number of piperidine rings is 2. The van der Waals surface area contributed by atoms with E-state index in [0.717, 1.165) is 5.56 Å². The Hall–Kier alpha value is -8.77. The van der Waals surface area contributed by atoms with Crippen LogP contribution < -0.4 is 27.3 Å². The molecule has 0 bridgehead atoms. The van der Waals surface area contributed by atoms with E-state index in [4.69, 9.17) is 14.2 Å². The van der Waals surface area contributed by atoms with Crippen LogP contribution in [-0.2, 0) is 77.3 Å². The zero-order chi connectivity index (χ0) is 68.5. The van der Waals surface area contributed by atoms with E-state index < -0.39 is 111 Å². The highest BCUT2D eigenvalue weighted by molar-refractivity contribution is 5.78.